The van der Waals surface area contributed by atoms with Gasteiger partial charge in [-0.05, 0) is 50.2 Å². The van der Waals surface area contributed by atoms with Gasteiger partial charge in [-0.25, -0.2) is 4.98 Å². The minimum absolute atomic E-state index is 0.253. The molecule has 4 nitrogen and oxygen atoms in total. The molecule has 118 valence electrons. The van der Waals surface area contributed by atoms with Crippen LogP contribution in [0.2, 0.25) is 0 Å². The molecule has 23 heavy (non-hydrogen) atoms. The molecule has 1 aromatic heterocycles. The Balaban J connectivity index is 2.04. The molecule has 0 aliphatic carbocycles. The van der Waals surface area contributed by atoms with Crippen LogP contribution in [0, 0.1) is 0 Å². The van der Waals surface area contributed by atoms with E-state index >= 15 is 0 Å². The topological polar surface area (TPSA) is 47.3 Å². The van der Waals surface area contributed by atoms with Crippen LogP contribution in [0.4, 0.5) is 5.88 Å². The van der Waals surface area contributed by atoms with Gasteiger partial charge >= 0.3 is 0 Å². The molecule has 3 aromatic rings. The van der Waals surface area contributed by atoms with Crippen molar-refractivity contribution in [2.45, 2.75) is 19.9 Å². The van der Waals surface area contributed by atoms with Crippen LogP contribution in [0.1, 0.15) is 13.8 Å². The zero-order valence-corrected chi connectivity index (χ0v) is 13.5. The lowest BCUT2D eigenvalue weighted by Crippen LogP contribution is -2.09. The number of rotatable bonds is 5. The minimum Gasteiger partial charge on any atom is -0.497 e. The maximum Gasteiger partial charge on any atom is 0.229 e. The second kappa shape index (κ2) is 6.57. The number of nitrogens with one attached hydrogen (secondary N) is 1. The molecular formula is C19H20N2O2. The van der Waals surface area contributed by atoms with Crippen LogP contribution >= 0.6 is 0 Å². The van der Waals surface area contributed by atoms with Gasteiger partial charge in [0.05, 0.1) is 7.11 Å². The molecule has 0 aliphatic heterocycles. The van der Waals surface area contributed by atoms with Gasteiger partial charge in [0.1, 0.15) is 11.4 Å². The molecule has 0 radical (unpaired) electrons. The van der Waals surface area contributed by atoms with Crippen LogP contribution in [-0.2, 0) is 0 Å². The Hall–Kier alpha value is -2.75. The van der Waals surface area contributed by atoms with E-state index in [-0.39, 0.29) is 6.04 Å². The molecule has 0 aliphatic rings. The summed E-state index contributed by atoms with van der Waals surface area (Å²) in [7, 11) is 1.66. The van der Waals surface area contributed by atoms with Crippen molar-refractivity contribution in [1.29, 1.82) is 0 Å². The first kappa shape index (κ1) is 15.2. The van der Waals surface area contributed by atoms with Crippen molar-refractivity contribution in [3.63, 3.8) is 0 Å². The third kappa shape index (κ3) is 3.37. The van der Waals surface area contributed by atoms with Crippen LogP contribution in [0.5, 0.6) is 5.75 Å². The van der Waals surface area contributed by atoms with E-state index in [0.717, 1.165) is 22.6 Å². The molecular weight excluding hydrogens is 288 g/mol. The highest BCUT2D eigenvalue weighted by Gasteiger charge is 2.17. The van der Waals surface area contributed by atoms with Gasteiger partial charge in [0.2, 0.25) is 11.8 Å². The second-order valence-corrected chi connectivity index (χ2v) is 5.59. The number of hydrogen-bond donors (Lipinski definition) is 1. The SMILES string of the molecule is COc1ccc(-c2nc(-c3ccccc3)oc2NC(C)C)cc1. The molecule has 3 rings (SSSR count). The van der Waals surface area contributed by atoms with E-state index in [9.17, 15) is 0 Å². The summed E-state index contributed by atoms with van der Waals surface area (Å²) in [4.78, 5) is 4.69. The van der Waals surface area contributed by atoms with Gasteiger partial charge in [-0.3, -0.25) is 0 Å². The van der Waals surface area contributed by atoms with Crippen molar-refractivity contribution in [2.24, 2.45) is 0 Å². The third-order valence-corrected chi connectivity index (χ3v) is 3.43. The smallest absolute Gasteiger partial charge is 0.229 e. The molecule has 1 heterocycles. The van der Waals surface area contributed by atoms with Crippen molar-refractivity contribution in [3.8, 4) is 28.5 Å². The largest absolute Gasteiger partial charge is 0.497 e. The number of benzene rings is 2. The lowest BCUT2D eigenvalue weighted by atomic mass is 10.1. The number of oxazole rings is 1. The van der Waals surface area contributed by atoms with Gasteiger partial charge in [-0.1, -0.05) is 18.2 Å². The summed E-state index contributed by atoms with van der Waals surface area (Å²) < 4.78 is 11.2. The monoisotopic (exact) mass is 308 g/mol. The molecule has 1 N–H and O–H groups in total. The fraction of sp³-hybridized carbons (Fsp3) is 0.211. The molecule has 2 aromatic carbocycles. The van der Waals surface area contributed by atoms with E-state index in [1.165, 1.54) is 0 Å². The minimum atomic E-state index is 0.253. The summed E-state index contributed by atoms with van der Waals surface area (Å²) in [6.45, 7) is 4.14. The standard InChI is InChI=1S/C19H20N2O2/c1-13(2)20-19-17(14-9-11-16(22-3)12-10-14)21-18(23-19)15-7-5-4-6-8-15/h4-13,20H,1-3H3. The van der Waals surface area contributed by atoms with E-state index in [2.05, 4.69) is 24.1 Å². The van der Waals surface area contributed by atoms with E-state index in [1.807, 2.05) is 54.6 Å². The van der Waals surface area contributed by atoms with Crippen LogP contribution in [0.25, 0.3) is 22.7 Å². The summed E-state index contributed by atoms with van der Waals surface area (Å²) in [6.07, 6.45) is 0. The van der Waals surface area contributed by atoms with E-state index in [1.54, 1.807) is 7.11 Å². The van der Waals surface area contributed by atoms with Gasteiger partial charge in [0.15, 0.2) is 0 Å². The number of nitrogens with zero attached hydrogens (tertiary/aromatic N) is 1. The first-order valence-corrected chi connectivity index (χ1v) is 7.64. The summed E-state index contributed by atoms with van der Waals surface area (Å²) >= 11 is 0. The molecule has 0 bridgehead atoms. The highest BCUT2D eigenvalue weighted by atomic mass is 16.5. The molecule has 0 saturated heterocycles. The van der Waals surface area contributed by atoms with Crippen molar-refractivity contribution in [1.82, 2.24) is 4.98 Å². The van der Waals surface area contributed by atoms with Crippen LogP contribution < -0.4 is 10.1 Å². The van der Waals surface area contributed by atoms with Crippen LogP contribution in [0.15, 0.2) is 59.0 Å². The maximum atomic E-state index is 5.97. The molecule has 4 heteroatoms. The average molecular weight is 308 g/mol. The van der Waals surface area contributed by atoms with Gasteiger partial charge in [0, 0.05) is 17.2 Å². The zero-order valence-electron chi connectivity index (χ0n) is 13.5. The number of methoxy groups -OCH3 is 1. The van der Waals surface area contributed by atoms with Gasteiger partial charge in [0.25, 0.3) is 0 Å². The van der Waals surface area contributed by atoms with Crippen molar-refractivity contribution in [3.05, 3.63) is 54.6 Å². The Morgan fingerprint density at radius 1 is 0.957 bits per heavy atom. The van der Waals surface area contributed by atoms with Crippen LogP contribution in [0.3, 0.4) is 0 Å². The normalized spacial score (nSPS) is 10.8. The number of anilines is 1. The van der Waals surface area contributed by atoms with Crippen molar-refractivity contribution >= 4 is 5.88 Å². The van der Waals surface area contributed by atoms with E-state index in [0.29, 0.717) is 11.8 Å². The predicted octanol–water partition coefficient (Wildman–Crippen LogP) is 4.84. The Kier molecular flexibility index (Phi) is 4.33. The number of hydrogen-bond acceptors (Lipinski definition) is 4. The molecule has 0 saturated carbocycles. The van der Waals surface area contributed by atoms with Crippen molar-refractivity contribution in [2.75, 3.05) is 12.4 Å². The first-order valence-electron chi connectivity index (χ1n) is 7.64. The number of ether oxygens (including phenoxy) is 1. The Bertz CT molecular complexity index is 762. The molecule has 0 spiro atoms. The van der Waals surface area contributed by atoms with Gasteiger partial charge < -0.3 is 14.5 Å². The fourth-order valence-corrected chi connectivity index (χ4v) is 2.33. The maximum absolute atomic E-state index is 5.97. The van der Waals surface area contributed by atoms with E-state index in [4.69, 9.17) is 9.15 Å². The number of aromatic nitrogens is 1. The lowest BCUT2D eigenvalue weighted by molar-refractivity contribution is 0.415. The first-order chi connectivity index (χ1) is 11.2. The summed E-state index contributed by atoms with van der Waals surface area (Å²) in [6, 6.07) is 18.0. The van der Waals surface area contributed by atoms with Crippen LogP contribution in [-0.4, -0.2) is 18.1 Å². The molecule has 0 fully saturated rings. The summed E-state index contributed by atoms with van der Waals surface area (Å²) in [5, 5.41) is 3.33. The summed E-state index contributed by atoms with van der Waals surface area (Å²) in [5.74, 6) is 2.11. The fourth-order valence-electron chi connectivity index (χ4n) is 2.33. The molecule has 0 unspecified atom stereocenters. The third-order valence-electron chi connectivity index (χ3n) is 3.43. The second-order valence-electron chi connectivity index (χ2n) is 5.59. The zero-order chi connectivity index (χ0) is 16.2. The highest BCUT2D eigenvalue weighted by Crippen LogP contribution is 2.33. The Morgan fingerprint density at radius 2 is 1.65 bits per heavy atom. The lowest BCUT2D eigenvalue weighted by Gasteiger charge is -2.08. The van der Waals surface area contributed by atoms with Gasteiger partial charge in [-0.2, -0.15) is 0 Å². The summed E-state index contributed by atoms with van der Waals surface area (Å²) in [5.41, 5.74) is 2.75. The molecule has 0 amide bonds. The molecule has 0 atom stereocenters. The quantitative estimate of drug-likeness (QED) is 0.733. The Labute approximate surface area is 136 Å². The predicted molar refractivity (Wildman–Crippen MR) is 92.7 cm³/mol. The average Bonchev–Trinajstić information content (AvgIpc) is 2.99. The van der Waals surface area contributed by atoms with Gasteiger partial charge in [-0.15, -0.1) is 0 Å². The van der Waals surface area contributed by atoms with E-state index < -0.39 is 0 Å². The highest BCUT2D eigenvalue weighted by molar-refractivity contribution is 5.74. The Morgan fingerprint density at radius 3 is 2.26 bits per heavy atom. The van der Waals surface area contributed by atoms with Crippen molar-refractivity contribution < 1.29 is 9.15 Å².